The summed E-state index contributed by atoms with van der Waals surface area (Å²) in [5.74, 6) is -0.829. The van der Waals surface area contributed by atoms with Gasteiger partial charge >= 0.3 is 0 Å². The van der Waals surface area contributed by atoms with Crippen LogP contribution in [0.25, 0.3) is 0 Å². The summed E-state index contributed by atoms with van der Waals surface area (Å²) in [6.45, 7) is 0.403. The Morgan fingerprint density at radius 3 is 2.52 bits per heavy atom. The first-order chi connectivity index (χ1) is 10.9. The van der Waals surface area contributed by atoms with Gasteiger partial charge in [-0.05, 0) is 11.6 Å². The van der Waals surface area contributed by atoms with Gasteiger partial charge in [-0.3, -0.25) is 14.4 Å². The maximum Gasteiger partial charge on any atom is 0.239 e. The molecule has 126 valence electrons. The zero-order valence-corrected chi connectivity index (χ0v) is 14.6. The third kappa shape index (κ3) is 7.25. The molecule has 0 fully saturated rings. The summed E-state index contributed by atoms with van der Waals surface area (Å²) in [5, 5.41) is 4.93. The molecule has 4 N–H and O–H groups in total. The zero-order valence-electron chi connectivity index (χ0n) is 13.0. The van der Waals surface area contributed by atoms with Crippen molar-refractivity contribution in [3.05, 3.63) is 34.3 Å². The molecule has 0 radical (unpaired) electrons. The minimum absolute atomic E-state index is 0.0768. The molecule has 0 saturated heterocycles. The predicted molar refractivity (Wildman–Crippen MR) is 90.3 cm³/mol. The fraction of sp³-hybridized carbons (Fsp3) is 0.400. The van der Waals surface area contributed by atoms with Crippen LogP contribution >= 0.6 is 15.9 Å². The molecule has 0 atom stereocenters. The normalized spacial score (nSPS) is 10.0. The molecule has 0 aliphatic carbocycles. The number of hydrogen-bond acceptors (Lipinski definition) is 4. The van der Waals surface area contributed by atoms with E-state index in [2.05, 4.69) is 26.6 Å². The number of carbonyl (C=O) groups is 3. The van der Waals surface area contributed by atoms with E-state index in [1.165, 1.54) is 0 Å². The average Bonchev–Trinajstić information content (AvgIpc) is 2.54. The fourth-order valence-corrected chi connectivity index (χ4v) is 2.19. The molecule has 7 nitrogen and oxygen atoms in total. The molecule has 0 unspecified atom stereocenters. The van der Waals surface area contributed by atoms with Crippen molar-refractivity contribution in [2.45, 2.75) is 13.0 Å². The van der Waals surface area contributed by atoms with Crippen LogP contribution < -0.4 is 16.4 Å². The second-order valence-electron chi connectivity index (χ2n) is 4.92. The number of amides is 3. The Kier molecular flexibility index (Phi) is 8.28. The molecule has 0 heterocycles. The van der Waals surface area contributed by atoms with Crippen molar-refractivity contribution < 1.29 is 14.4 Å². The standard InChI is InChI=1S/C15H21BrN4O3/c1-20(10-11-4-2-3-5-12(11)16)15(23)6-7-18-14(22)9-19-13(21)8-17/h2-5H,6-10,17H2,1H3,(H,18,22)(H,19,21). The van der Waals surface area contributed by atoms with E-state index in [1.54, 1.807) is 11.9 Å². The number of nitrogens with two attached hydrogens (primary N) is 1. The van der Waals surface area contributed by atoms with E-state index in [0.717, 1.165) is 10.0 Å². The van der Waals surface area contributed by atoms with E-state index in [9.17, 15) is 14.4 Å². The molecular formula is C15H21BrN4O3. The van der Waals surface area contributed by atoms with Crippen LogP contribution in [0, 0.1) is 0 Å². The lowest BCUT2D eigenvalue weighted by atomic mass is 10.2. The molecule has 0 spiro atoms. The number of hydrogen-bond donors (Lipinski definition) is 3. The van der Waals surface area contributed by atoms with Gasteiger partial charge in [-0.15, -0.1) is 0 Å². The third-order valence-corrected chi connectivity index (χ3v) is 3.86. The zero-order chi connectivity index (χ0) is 17.2. The topological polar surface area (TPSA) is 105 Å². The highest BCUT2D eigenvalue weighted by Crippen LogP contribution is 2.17. The average molecular weight is 385 g/mol. The van der Waals surface area contributed by atoms with Crippen LogP contribution in [0.5, 0.6) is 0 Å². The van der Waals surface area contributed by atoms with Crippen LogP contribution in [-0.4, -0.2) is 49.3 Å². The lowest BCUT2D eigenvalue weighted by Gasteiger charge is -2.18. The van der Waals surface area contributed by atoms with Crippen molar-refractivity contribution in [2.75, 3.05) is 26.7 Å². The van der Waals surface area contributed by atoms with Crippen molar-refractivity contribution in [2.24, 2.45) is 5.73 Å². The Morgan fingerprint density at radius 2 is 1.87 bits per heavy atom. The third-order valence-electron chi connectivity index (χ3n) is 3.08. The van der Waals surface area contributed by atoms with Crippen molar-refractivity contribution >= 4 is 33.7 Å². The Labute approximate surface area is 143 Å². The number of halogens is 1. The maximum absolute atomic E-state index is 12.0. The minimum Gasteiger partial charge on any atom is -0.354 e. The number of nitrogens with one attached hydrogen (secondary N) is 2. The Bertz CT molecular complexity index is 565. The van der Waals surface area contributed by atoms with Gasteiger partial charge in [0.25, 0.3) is 0 Å². The summed E-state index contributed by atoms with van der Waals surface area (Å²) in [7, 11) is 1.71. The second kappa shape index (κ2) is 9.96. The molecule has 1 rings (SSSR count). The maximum atomic E-state index is 12.0. The molecule has 0 aliphatic rings. The molecule has 23 heavy (non-hydrogen) atoms. The Balaban J connectivity index is 2.29. The quantitative estimate of drug-likeness (QED) is 0.586. The first kappa shape index (κ1) is 19.1. The van der Waals surface area contributed by atoms with Crippen molar-refractivity contribution in [3.8, 4) is 0 Å². The van der Waals surface area contributed by atoms with E-state index in [-0.39, 0.29) is 37.9 Å². The van der Waals surface area contributed by atoms with Gasteiger partial charge in [0.2, 0.25) is 17.7 Å². The van der Waals surface area contributed by atoms with E-state index >= 15 is 0 Å². The van der Waals surface area contributed by atoms with E-state index in [4.69, 9.17) is 5.73 Å². The summed E-state index contributed by atoms with van der Waals surface area (Å²) >= 11 is 3.44. The van der Waals surface area contributed by atoms with Gasteiger partial charge < -0.3 is 21.3 Å². The van der Waals surface area contributed by atoms with Crippen LogP contribution in [0.15, 0.2) is 28.7 Å². The number of rotatable bonds is 8. The van der Waals surface area contributed by atoms with Gasteiger partial charge in [0.05, 0.1) is 13.1 Å². The van der Waals surface area contributed by atoms with E-state index in [1.807, 2.05) is 24.3 Å². The lowest BCUT2D eigenvalue weighted by Crippen LogP contribution is -2.40. The predicted octanol–water partition coefficient (Wildman–Crippen LogP) is -0.0113. The monoisotopic (exact) mass is 384 g/mol. The summed E-state index contributed by atoms with van der Waals surface area (Å²) in [6.07, 6.45) is 0.192. The van der Waals surface area contributed by atoms with Gasteiger partial charge in [0.15, 0.2) is 0 Å². The van der Waals surface area contributed by atoms with Crippen molar-refractivity contribution in [3.63, 3.8) is 0 Å². The minimum atomic E-state index is -0.399. The summed E-state index contributed by atoms with van der Waals surface area (Å²) < 4.78 is 0.948. The second-order valence-corrected chi connectivity index (χ2v) is 5.78. The summed E-state index contributed by atoms with van der Waals surface area (Å²) in [6, 6.07) is 7.68. The highest BCUT2D eigenvalue weighted by molar-refractivity contribution is 9.10. The first-order valence-corrected chi connectivity index (χ1v) is 7.94. The molecule has 0 bridgehead atoms. The van der Waals surface area contributed by atoms with Gasteiger partial charge in [-0.25, -0.2) is 0 Å². The van der Waals surface area contributed by atoms with Gasteiger partial charge in [-0.1, -0.05) is 34.1 Å². The highest BCUT2D eigenvalue weighted by Gasteiger charge is 2.11. The van der Waals surface area contributed by atoms with Crippen LogP contribution in [0.4, 0.5) is 0 Å². The fourth-order valence-electron chi connectivity index (χ4n) is 1.78. The summed E-state index contributed by atoms with van der Waals surface area (Å²) in [5.41, 5.74) is 6.12. The van der Waals surface area contributed by atoms with Crippen LogP contribution in [-0.2, 0) is 20.9 Å². The van der Waals surface area contributed by atoms with Gasteiger partial charge in [0, 0.05) is 31.0 Å². The van der Waals surface area contributed by atoms with Gasteiger partial charge in [-0.2, -0.15) is 0 Å². The molecule has 1 aromatic carbocycles. The van der Waals surface area contributed by atoms with Crippen LogP contribution in [0.3, 0.4) is 0 Å². The first-order valence-electron chi connectivity index (χ1n) is 7.15. The molecular weight excluding hydrogens is 364 g/mol. The highest BCUT2D eigenvalue weighted by atomic mass is 79.9. The lowest BCUT2D eigenvalue weighted by molar-refractivity contribution is -0.130. The molecule has 1 aromatic rings. The van der Waals surface area contributed by atoms with Gasteiger partial charge in [0.1, 0.15) is 0 Å². The number of benzene rings is 1. The molecule has 3 amide bonds. The van der Waals surface area contributed by atoms with Crippen molar-refractivity contribution in [1.82, 2.24) is 15.5 Å². The number of carbonyl (C=O) groups excluding carboxylic acids is 3. The van der Waals surface area contributed by atoms with Crippen LogP contribution in [0.2, 0.25) is 0 Å². The van der Waals surface area contributed by atoms with Crippen LogP contribution in [0.1, 0.15) is 12.0 Å². The Morgan fingerprint density at radius 1 is 1.17 bits per heavy atom. The largest absolute Gasteiger partial charge is 0.354 e. The smallest absolute Gasteiger partial charge is 0.239 e. The number of nitrogens with zero attached hydrogens (tertiary/aromatic N) is 1. The van der Waals surface area contributed by atoms with Crippen molar-refractivity contribution in [1.29, 1.82) is 0 Å². The Hall–Kier alpha value is -1.93. The van der Waals surface area contributed by atoms with E-state index < -0.39 is 5.91 Å². The molecule has 0 aromatic heterocycles. The summed E-state index contributed by atoms with van der Waals surface area (Å²) in [4.78, 5) is 36.0. The SMILES string of the molecule is CN(Cc1ccccc1Br)C(=O)CCNC(=O)CNC(=O)CN. The van der Waals surface area contributed by atoms with E-state index in [0.29, 0.717) is 6.54 Å². The molecule has 8 heteroatoms. The molecule has 0 aliphatic heterocycles. The molecule has 0 saturated carbocycles.